The molecule has 3 aromatic rings. The number of nitrogens with zero attached hydrogens (tertiary/aromatic N) is 1. The van der Waals surface area contributed by atoms with Gasteiger partial charge in [-0.15, -0.1) is 0 Å². The van der Waals surface area contributed by atoms with Crippen molar-refractivity contribution in [1.29, 1.82) is 0 Å². The number of benzene rings is 2. The summed E-state index contributed by atoms with van der Waals surface area (Å²) in [6, 6.07) is 7.76. The number of hydrogen-bond donors (Lipinski definition) is 1. The van der Waals surface area contributed by atoms with Gasteiger partial charge < -0.3 is 4.98 Å². The van der Waals surface area contributed by atoms with Gasteiger partial charge in [-0.3, -0.25) is 4.57 Å². The minimum Gasteiger partial charge on any atom is -0.330 e. The van der Waals surface area contributed by atoms with E-state index in [1.807, 2.05) is 0 Å². The van der Waals surface area contributed by atoms with Crippen molar-refractivity contribution in [2.45, 2.75) is 0 Å². The number of rotatable bonds is 1. The lowest BCUT2D eigenvalue weighted by Gasteiger charge is -2.06. The summed E-state index contributed by atoms with van der Waals surface area (Å²) in [5.41, 5.74) is 0.896. The van der Waals surface area contributed by atoms with Gasteiger partial charge in [0.15, 0.2) is 16.4 Å². The molecule has 0 amide bonds. The van der Waals surface area contributed by atoms with Gasteiger partial charge in [0.25, 0.3) is 0 Å². The van der Waals surface area contributed by atoms with Crippen molar-refractivity contribution < 1.29 is 13.2 Å². The zero-order valence-electron chi connectivity index (χ0n) is 9.45. The molecule has 6 heteroatoms. The maximum atomic E-state index is 13.8. The van der Waals surface area contributed by atoms with Gasteiger partial charge in [-0.1, -0.05) is 6.07 Å². The molecule has 2 nitrogen and oxygen atoms in total. The van der Waals surface area contributed by atoms with Crippen molar-refractivity contribution in [2.75, 3.05) is 0 Å². The van der Waals surface area contributed by atoms with Crippen LogP contribution in [-0.2, 0) is 0 Å². The number of nitrogens with one attached hydrogen (secondary N) is 1. The normalized spacial score (nSPS) is 11.1. The van der Waals surface area contributed by atoms with E-state index in [0.717, 1.165) is 6.07 Å². The molecule has 0 fully saturated rings. The van der Waals surface area contributed by atoms with Crippen molar-refractivity contribution in [1.82, 2.24) is 9.55 Å². The predicted octanol–water partition coefficient (Wildman–Crippen LogP) is 4.11. The Morgan fingerprint density at radius 1 is 1.05 bits per heavy atom. The Morgan fingerprint density at radius 2 is 1.84 bits per heavy atom. The number of aromatic nitrogens is 2. The van der Waals surface area contributed by atoms with E-state index in [2.05, 4.69) is 4.98 Å². The van der Waals surface area contributed by atoms with Crippen LogP contribution in [0.25, 0.3) is 16.7 Å². The smallest absolute Gasteiger partial charge is 0.182 e. The first-order valence-corrected chi connectivity index (χ1v) is 5.83. The molecule has 0 atom stereocenters. The fraction of sp³-hybridized carbons (Fsp3) is 0. The highest BCUT2D eigenvalue weighted by molar-refractivity contribution is 7.71. The second-order valence-electron chi connectivity index (χ2n) is 4.00. The average Bonchev–Trinajstić information content (AvgIpc) is 2.68. The van der Waals surface area contributed by atoms with Gasteiger partial charge in [0, 0.05) is 0 Å². The number of hydrogen-bond acceptors (Lipinski definition) is 1. The van der Waals surface area contributed by atoms with Crippen molar-refractivity contribution >= 4 is 23.3 Å². The molecule has 96 valence electrons. The summed E-state index contributed by atoms with van der Waals surface area (Å²) >= 11 is 5.08. The Labute approximate surface area is 111 Å². The van der Waals surface area contributed by atoms with Gasteiger partial charge in [-0.05, 0) is 42.5 Å². The molecule has 1 aromatic heterocycles. The molecule has 0 radical (unpaired) electrons. The number of halogens is 3. The minimum atomic E-state index is -0.996. The van der Waals surface area contributed by atoms with Gasteiger partial charge in [0.05, 0.1) is 16.7 Å². The molecule has 19 heavy (non-hydrogen) atoms. The van der Waals surface area contributed by atoms with Crippen LogP contribution in [0.1, 0.15) is 0 Å². The van der Waals surface area contributed by atoms with Crippen LogP contribution in [0.3, 0.4) is 0 Å². The SMILES string of the molecule is Fc1ccc2c(c1)[nH]c(=S)n2-c1cccc(F)c1F. The summed E-state index contributed by atoms with van der Waals surface area (Å²) < 4.78 is 41.7. The van der Waals surface area contributed by atoms with Gasteiger partial charge in [-0.2, -0.15) is 0 Å². The van der Waals surface area contributed by atoms with E-state index in [4.69, 9.17) is 12.2 Å². The van der Waals surface area contributed by atoms with Crippen molar-refractivity contribution in [3.05, 3.63) is 58.6 Å². The Morgan fingerprint density at radius 3 is 2.63 bits per heavy atom. The third-order valence-corrected chi connectivity index (χ3v) is 3.10. The van der Waals surface area contributed by atoms with E-state index in [-0.39, 0.29) is 10.5 Å². The molecule has 0 aliphatic carbocycles. The van der Waals surface area contributed by atoms with Crippen LogP contribution in [0, 0.1) is 22.2 Å². The first-order valence-electron chi connectivity index (χ1n) is 5.42. The largest absolute Gasteiger partial charge is 0.330 e. The van der Waals surface area contributed by atoms with Crippen LogP contribution in [0.2, 0.25) is 0 Å². The molecular weight excluding hydrogens is 273 g/mol. The van der Waals surface area contributed by atoms with Crippen LogP contribution in [0.15, 0.2) is 36.4 Å². The van der Waals surface area contributed by atoms with E-state index in [9.17, 15) is 13.2 Å². The molecule has 1 heterocycles. The molecule has 0 aliphatic rings. The van der Waals surface area contributed by atoms with Crippen molar-refractivity contribution in [3.63, 3.8) is 0 Å². The fourth-order valence-corrected chi connectivity index (χ4v) is 2.29. The summed E-state index contributed by atoms with van der Waals surface area (Å²) in [5.74, 6) is -2.39. The third-order valence-electron chi connectivity index (χ3n) is 2.82. The summed E-state index contributed by atoms with van der Waals surface area (Å²) in [6.07, 6.45) is 0. The molecule has 0 spiro atoms. The quantitative estimate of drug-likeness (QED) is 0.665. The fourth-order valence-electron chi connectivity index (χ4n) is 1.99. The van der Waals surface area contributed by atoms with Gasteiger partial charge in [-0.25, -0.2) is 13.2 Å². The van der Waals surface area contributed by atoms with Gasteiger partial charge >= 0.3 is 0 Å². The Kier molecular flexibility index (Phi) is 2.67. The maximum absolute atomic E-state index is 13.8. The highest BCUT2D eigenvalue weighted by atomic mass is 32.1. The Balaban J connectivity index is 2.40. The molecule has 0 aliphatic heterocycles. The predicted molar refractivity (Wildman–Crippen MR) is 68.3 cm³/mol. The highest BCUT2D eigenvalue weighted by Gasteiger charge is 2.13. The first-order chi connectivity index (χ1) is 9.08. The lowest BCUT2D eigenvalue weighted by Crippen LogP contribution is -1.99. The van der Waals surface area contributed by atoms with Crippen LogP contribution < -0.4 is 0 Å². The molecule has 0 bridgehead atoms. The molecule has 0 saturated heterocycles. The van der Waals surface area contributed by atoms with E-state index in [1.54, 1.807) is 0 Å². The van der Waals surface area contributed by atoms with Crippen molar-refractivity contribution in [3.8, 4) is 5.69 Å². The lowest BCUT2D eigenvalue weighted by molar-refractivity contribution is 0.504. The lowest BCUT2D eigenvalue weighted by atomic mass is 10.2. The van der Waals surface area contributed by atoms with E-state index >= 15 is 0 Å². The standard InChI is InChI=1S/C13H7F3N2S/c14-7-4-5-10-9(6-7)17-13(19)18(10)11-3-1-2-8(15)12(11)16/h1-6H,(H,17,19). The Bertz CT molecular complexity index is 836. The van der Waals surface area contributed by atoms with E-state index in [1.165, 1.54) is 34.9 Å². The minimum absolute atomic E-state index is 0.0112. The van der Waals surface area contributed by atoms with Crippen LogP contribution >= 0.6 is 12.2 Å². The highest BCUT2D eigenvalue weighted by Crippen LogP contribution is 2.23. The summed E-state index contributed by atoms with van der Waals surface area (Å²) in [6.45, 7) is 0. The Hall–Kier alpha value is -2.08. The monoisotopic (exact) mass is 280 g/mol. The molecular formula is C13H7F3N2S. The maximum Gasteiger partial charge on any atom is 0.182 e. The van der Waals surface area contributed by atoms with Gasteiger partial charge in [0.2, 0.25) is 0 Å². The van der Waals surface area contributed by atoms with Crippen LogP contribution in [-0.4, -0.2) is 9.55 Å². The summed E-state index contributed by atoms with van der Waals surface area (Å²) in [7, 11) is 0. The second kappa shape index (κ2) is 4.24. The molecule has 0 saturated carbocycles. The zero-order chi connectivity index (χ0) is 13.6. The molecule has 1 N–H and O–H groups in total. The molecule has 3 rings (SSSR count). The molecule has 0 unspecified atom stereocenters. The van der Waals surface area contributed by atoms with E-state index in [0.29, 0.717) is 11.0 Å². The van der Waals surface area contributed by atoms with Crippen LogP contribution in [0.4, 0.5) is 13.2 Å². The number of fused-ring (bicyclic) bond motifs is 1. The summed E-state index contributed by atoms with van der Waals surface area (Å²) in [5, 5.41) is 0. The van der Waals surface area contributed by atoms with Crippen molar-refractivity contribution in [2.24, 2.45) is 0 Å². The summed E-state index contributed by atoms with van der Waals surface area (Å²) in [4.78, 5) is 2.76. The zero-order valence-corrected chi connectivity index (χ0v) is 10.3. The average molecular weight is 280 g/mol. The van der Waals surface area contributed by atoms with Crippen LogP contribution in [0.5, 0.6) is 0 Å². The number of H-pyrrole nitrogens is 1. The van der Waals surface area contributed by atoms with E-state index < -0.39 is 17.5 Å². The first kappa shape index (κ1) is 12.0. The topological polar surface area (TPSA) is 20.7 Å². The number of aromatic amines is 1. The molecule has 2 aromatic carbocycles. The van der Waals surface area contributed by atoms with Gasteiger partial charge in [0.1, 0.15) is 5.82 Å². The third kappa shape index (κ3) is 1.84. The second-order valence-corrected chi connectivity index (χ2v) is 4.39. The number of imidazole rings is 1.